The van der Waals surface area contributed by atoms with E-state index in [9.17, 15) is 9.59 Å². The molecule has 1 amide bonds. The van der Waals surface area contributed by atoms with Crippen LogP contribution in [0.1, 0.15) is 39.5 Å². The Bertz CT molecular complexity index is 268. The predicted molar refractivity (Wildman–Crippen MR) is 64.5 cm³/mol. The molecule has 5 nitrogen and oxygen atoms in total. The van der Waals surface area contributed by atoms with Gasteiger partial charge in [0.05, 0.1) is 6.61 Å². The lowest BCUT2D eigenvalue weighted by atomic mass is 10.1. The molecule has 0 aromatic rings. The smallest absolute Gasteiger partial charge is 0.323 e. The Balaban J connectivity index is 2.33. The number of amides is 1. The van der Waals surface area contributed by atoms with E-state index in [2.05, 4.69) is 10.6 Å². The molecule has 1 aliphatic rings. The third-order valence-electron chi connectivity index (χ3n) is 2.84. The SMILES string of the molecule is CCCC(NCC1CCC(=O)N1)C(=O)OCC. The van der Waals surface area contributed by atoms with Gasteiger partial charge in [0.25, 0.3) is 0 Å². The van der Waals surface area contributed by atoms with Crippen LogP contribution in [0.5, 0.6) is 0 Å². The molecule has 2 atom stereocenters. The molecule has 0 saturated carbocycles. The molecule has 0 bridgehead atoms. The van der Waals surface area contributed by atoms with Gasteiger partial charge in [-0.15, -0.1) is 0 Å². The maximum absolute atomic E-state index is 11.6. The van der Waals surface area contributed by atoms with Gasteiger partial charge in [-0.05, 0) is 19.8 Å². The van der Waals surface area contributed by atoms with Gasteiger partial charge in [-0.25, -0.2) is 0 Å². The van der Waals surface area contributed by atoms with E-state index in [0.717, 1.165) is 19.3 Å². The minimum Gasteiger partial charge on any atom is -0.465 e. The molecule has 2 N–H and O–H groups in total. The number of rotatable bonds is 7. The molecule has 17 heavy (non-hydrogen) atoms. The van der Waals surface area contributed by atoms with Crippen LogP contribution in [0.25, 0.3) is 0 Å². The average molecular weight is 242 g/mol. The molecule has 5 heteroatoms. The first kappa shape index (κ1) is 14.0. The van der Waals surface area contributed by atoms with E-state index in [-0.39, 0.29) is 24.0 Å². The third kappa shape index (κ3) is 4.73. The molecule has 0 aromatic carbocycles. The highest BCUT2D eigenvalue weighted by molar-refractivity contribution is 5.78. The van der Waals surface area contributed by atoms with Gasteiger partial charge in [-0.3, -0.25) is 9.59 Å². The van der Waals surface area contributed by atoms with E-state index >= 15 is 0 Å². The summed E-state index contributed by atoms with van der Waals surface area (Å²) >= 11 is 0. The van der Waals surface area contributed by atoms with Crippen molar-refractivity contribution in [3.8, 4) is 0 Å². The summed E-state index contributed by atoms with van der Waals surface area (Å²) in [6.45, 7) is 4.87. The molecule has 0 aliphatic carbocycles. The van der Waals surface area contributed by atoms with Crippen LogP contribution in [0.3, 0.4) is 0 Å². The van der Waals surface area contributed by atoms with Crippen LogP contribution in [0, 0.1) is 0 Å². The Hall–Kier alpha value is -1.10. The zero-order valence-corrected chi connectivity index (χ0v) is 10.6. The normalized spacial score (nSPS) is 21.1. The van der Waals surface area contributed by atoms with Crippen LogP contribution in [0.15, 0.2) is 0 Å². The van der Waals surface area contributed by atoms with Crippen LogP contribution in [-0.2, 0) is 14.3 Å². The number of carbonyl (C=O) groups is 2. The van der Waals surface area contributed by atoms with E-state index in [4.69, 9.17) is 4.74 Å². The van der Waals surface area contributed by atoms with Crippen LogP contribution in [-0.4, -0.2) is 37.1 Å². The quantitative estimate of drug-likeness (QED) is 0.641. The highest BCUT2D eigenvalue weighted by atomic mass is 16.5. The van der Waals surface area contributed by atoms with Crippen molar-refractivity contribution < 1.29 is 14.3 Å². The van der Waals surface area contributed by atoms with Crippen molar-refractivity contribution in [2.75, 3.05) is 13.2 Å². The Morgan fingerprint density at radius 3 is 2.88 bits per heavy atom. The van der Waals surface area contributed by atoms with Crippen molar-refractivity contribution in [1.82, 2.24) is 10.6 Å². The Labute approximate surface area is 102 Å². The van der Waals surface area contributed by atoms with Gasteiger partial charge in [0.2, 0.25) is 5.91 Å². The molecule has 98 valence electrons. The standard InChI is InChI=1S/C12H22N2O3/c1-3-5-10(12(16)17-4-2)13-8-9-6-7-11(15)14-9/h9-10,13H,3-8H2,1-2H3,(H,14,15). The molecule has 1 rings (SSSR count). The zero-order valence-electron chi connectivity index (χ0n) is 10.6. The van der Waals surface area contributed by atoms with Crippen molar-refractivity contribution in [1.29, 1.82) is 0 Å². The van der Waals surface area contributed by atoms with E-state index in [1.807, 2.05) is 6.92 Å². The van der Waals surface area contributed by atoms with Gasteiger partial charge in [0, 0.05) is 19.0 Å². The monoisotopic (exact) mass is 242 g/mol. The number of carbonyl (C=O) groups excluding carboxylic acids is 2. The summed E-state index contributed by atoms with van der Waals surface area (Å²) in [6.07, 6.45) is 3.12. The first-order valence-electron chi connectivity index (χ1n) is 6.36. The topological polar surface area (TPSA) is 67.4 Å². The molecule has 2 unspecified atom stereocenters. The lowest BCUT2D eigenvalue weighted by Gasteiger charge is -2.19. The van der Waals surface area contributed by atoms with Crippen LogP contribution >= 0.6 is 0 Å². The average Bonchev–Trinajstić information content (AvgIpc) is 2.70. The van der Waals surface area contributed by atoms with Crippen molar-refractivity contribution in [2.24, 2.45) is 0 Å². The van der Waals surface area contributed by atoms with Gasteiger partial charge in [0.1, 0.15) is 6.04 Å². The first-order valence-corrected chi connectivity index (χ1v) is 6.36. The second kappa shape index (κ2) is 7.27. The minimum absolute atomic E-state index is 0.0972. The number of hydrogen-bond donors (Lipinski definition) is 2. The summed E-state index contributed by atoms with van der Waals surface area (Å²) in [6, 6.07) is -0.103. The summed E-state index contributed by atoms with van der Waals surface area (Å²) < 4.78 is 5.00. The molecule has 1 saturated heterocycles. The molecular formula is C12H22N2O3. The number of esters is 1. The van der Waals surface area contributed by atoms with Gasteiger partial charge in [-0.1, -0.05) is 13.3 Å². The van der Waals surface area contributed by atoms with Gasteiger partial charge >= 0.3 is 5.97 Å². The molecule has 1 fully saturated rings. The fourth-order valence-corrected chi connectivity index (χ4v) is 1.95. The van der Waals surface area contributed by atoms with Gasteiger partial charge in [0.15, 0.2) is 0 Å². The van der Waals surface area contributed by atoms with E-state index < -0.39 is 0 Å². The first-order chi connectivity index (χ1) is 8.17. The van der Waals surface area contributed by atoms with E-state index in [1.54, 1.807) is 6.92 Å². The van der Waals surface area contributed by atoms with Crippen LogP contribution < -0.4 is 10.6 Å². The van der Waals surface area contributed by atoms with E-state index in [0.29, 0.717) is 19.6 Å². The molecule has 0 spiro atoms. The Morgan fingerprint density at radius 1 is 1.59 bits per heavy atom. The molecular weight excluding hydrogens is 220 g/mol. The van der Waals surface area contributed by atoms with Crippen molar-refractivity contribution >= 4 is 11.9 Å². The van der Waals surface area contributed by atoms with Crippen molar-refractivity contribution in [3.63, 3.8) is 0 Å². The zero-order chi connectivity index (χ0) is 12.7. The third-order valence-corrected chi connectivity index (χ3v) is 2.84. The summed E-state index contributed by atoms with van der Waals surface area (Å²) in [4.78, 5) is 22.7. The lowest BCUT2D eigenvalue weighted by molar-refractivity contribution is -0.145. The lowest BCUT2D eigenvalue weighted by Crippen LogP contribution is -2.44. The number of hydrogen-bond acceptors (Lipinski definition) is 4. The Morgan fingerprint density at radius 2 is 2.35 bits per heavy atom. The molecule has 0 radical (unpaired) electrons. The summed E-state index contributed by atoms with van der Waals surface area (Å²) in [5, 5.41) is 6.05. The fourth-order valence-electron chi connectivity index (χ4n) is 1.95. The number of nitrogens with one attached hydrogen (secondary N) is 2. The largest absolute Gasteiger partial charge is 0.465 e. The summed E-state index contributed by atoms with van der Waals surface area (Å²) in [5.41, 5.74) is 0. The van der Waals surface area contributed by atoms with Crippen molar-refractivity contribution in [2.45, 2.75) is 51.6 Å². The van der Waals surface area contributed by atoms with Crippen molar-refractivity contribution in [3.05, 3.63) is 0 Å². The second-order valence-corrected chi connectivity index (χ2v) is 4.30. The summed E-state index contributed by atoms with van der Waals surface area (Å²) in [7, 11) is 0. The summed E-state index contributed by atoms with van der Waals surface area (Å²) in [5.74, 6) is -0.0985. The van der Waals surface area contributed by atoms with Gasteiger partial charge < -0.3 is 15.4 Å². The highest BCUT2D eigenvalue weighted by Gasteiger charge is 2.24. The van der Waals surface area contributed by atoms with Crippen LogP contribution in [0.4, 0.5) is 0 Å². The predicted octanol–water partition coefficient (Wildman–Crippen LogP) is 0.586. The molecule has 0 aromatic heterocycles. The molecule has 1 aliphatic heterocycles. The molecule has 1 heterocycles. The maximum atomic E-state index is 11.6. The number of ether oxygens (including phenoxy) is 1. The van der Waals surface area contributed by atoms with Gasteiger partial charge in [-0.2, -0.15) is 0 Å². The highest BCUT2D eigenvalue weighted by Crippen LogP contribution is 2.06. The minimum atomic E-state index is -0.252. The van der Waals surface area contributed by atoms with E-state index in [1.165, 1.54) is 0 Å². The fraction of sp³-hybridized carbons (Fsp3) is 0.833. The van der Waals surface area contributed by atoms with Crippen LogP contribution in [0.2, 0.25) is 0 Å². The second-order valence-electron chi connectivity index (χ2n) is 4.30. The Kier molecular flexibility index (Phi) is 5.97. The maximum Gasteiger partial charge on any atom is 0.323 e.